The molecule has 0 aliphatic heterocycles. The molecule has 1 aromatic heterocycles. The van der Waals surface area contributed by atoms with Crippen molar-refractivity contribution >= 4 is 33.2 Å². The van der Waals surface area contributed by atoms with Gasteiger partial charge in [0.15, 0.2) is 0 Å². The quantitative estimate of drug-likeness (QED) is 0.842. The highest BCUT2D eigenvalue weighted by atomic mass is 79.9. The number of rotatable bonds is 6. The Balaban J connectivity index is 1.83. The minimum absolute atomic E-state index is 0.0467. The van der Waals surface area contributed by atoms with Gasteiger partial charge in [-0.15, -0.1) is 11.3 Å². The van der Waals surface area contributed by atoms with Crippen LogP contribution in [-0.2, 0) is 11.3 Å². The molecule has 0 saturated carbocycles. The molecule has 2 aromatic rings. The number of thiophene rings is 1. The molecule has 1 atom stereocenters. The van der Waals surface area contributed by atoms with Gasteiger partial charge in [0.2, 0.25) is 5.91 Å². The van der Waals surface area contributed by atoms with Gasteiger partial charge in [-0.2, -0.15) is 0 Å². The van der Waals surface area contributed by atoms with E-state index in [9.17, 15) is 4.79 Å². The summed E-state index contributed by atoms with van der Waals surface area (Å²) in [5.41, 5.74) is 1.18. The molecule has 2 rings (SSSR count). The van der Waals surface area contributed by atoms with Crippen LogP contribution in [0.25, 0.3) is 0 Å². The number of likely N-dealkylation sites (N-methyl/N-ethyl adjacent to an activating group) is 1. The minimum atomic E-state index is 0.0467. The molecule has 0 spiro atoms. The van der Waals surface area contributed by atoms with Crippen molar-refractivity contribution in [2.45, 2.75) is 19.5 Å². The summed E-state index contributed by atoms with van der Waals surface area (Å²) in [6.07, 6.45) is 0. The molecule has 1 aromatic carbocycles. The monoisotopic (exact) mass is 366 g/mol. The van der Waals surface area contributed by atoms with Crippen molar-refractivity contribution in [1.29, 1.82) is 0 Å². The number of nitrogens with zero attached hydrogens (tertiary/aromatic N) is 1. The van der Waals surface area contributed by atoms with Gasteiger partial charge < -0.3 is 5.32 Å². The smallest absolute Gasteiger partial charge is 0.234 e. The first kappa shape index (κ1) is 16.2. The Kier molecular flexibility index (Phi) is 5.96. The van der Waals surface area contributed by atoms with Crippen LogP contribution in [0.15, 0.2) is 46.3 Å². The van der Waals surface area contributed by atoms with Gasteiger partial charge in [-0.1, -0.05) is 40.2 Å². The van der Waals surface area contributed by atoms with Crippen LogP contribution in [0.5, 0.6) is 0 Å². The van der Waals surface area contributed by atoms with Crippen LogP contribution in [0.1, 0.15) is 23.4 Å². The van der Waals surface area contributed by atoms with Gasteiger partial charge in [0.1, 0.15) is 0 Å². The lowest BCUT2D eigenvalue weighted by Crippen LogP contribution is -2.36. The number of benzene rings is 1. The van der Waals surface area contributed by atoms with Crippen LogP contribution in [0.3, 0.4) is 0 Å². The van der Waals surface area contributed by atoms with Crippen molar-refractivity contribution in [1.82, 2.24) is 10.2 Å². The molecular formula is C16H19BrN2OS. The summed E-state index contributed by atoms with van der Waals surface area (Å²) in [6, 6.07) is 12.2. The van der Waals surface area contributed by atoms with Gasteiger partial charge >= 0.3 is 0 Å². The molecule has 1 amide bonds. The van der Waals surface area contributed by atoms with Gasteiger partial charge in [-0.25, -0.2) is 0 Å². The normalized spacial score (nSPS) is 12.4. The highest BCUT2D eigenvalue weighted by molar-refractivity contribution is 9.10. The van der Waals surface area contributed by atoms with E-state index in [1.54, 1.807) is 11.3 Å². The van der Waals surface area contributed by atoms with E-state index in [0.29, 0.717) is 6.54 Å². The topological polar surface area (TPSA) is 32.3 Å². The molecule has 0 bridgehead atoms. The van der Waals surface area contributed by atoms with Crippen molar-refractivity contribution < 1.29 is 4.79 Å². The average molecular weight is 367 g/mol. The van der Waals surface area contributed by atoms with E-state index in [-0.39, 0.29) is 11.9 Å². The summed E-state index contributed by atoms with van der Waals surface area (Å²) < 4.78 is 1.07. The first-order chi connectivity index (χ1) is 10.1. The molecule has 0 unspecified atom stereocenters. The Hall–Kier alpha value is -1.17. The summed E-state index contributed by atoms with van der Waals surface area (Å²) in [5, 5.41) is 5.06. The maximum Gasteiger partial charge on any atom is 0.234 e. The van der Waals surface area contributed by atoms with Crippen molar-refractivity contribution in [3.05, 3.63) is 56.7 Å². The number of hydrogen-bond acceptors (Lipinski definition) is 3. The predicted octanol–water partition coefficient (Wildman–Crippen LogP) is 3.82. The lowest BCUT2D eigenvalue weighted by atomic mass is 10.2. The number of carbonyl (C=O) groups excluding carboxylic acids is 1. The van der Waals surface area contributed by atoms with E-state index < -0.39 is 0 Å². The fourth-order valence-electron chi connectivity index (χ4n) is 2.11. The number of hydrogen-bond donors (Lipinski definition) is 1. The summed E-state index contributed by atoms with van der Waals surface area (Å²) in [5.74, 6) is 0.0467. The van der Waals surface area contributed by atoms with E-state index in [1.165, 1.54) is 10.4 Å². The number of amides is 1. The predicted molar refractivity (Wildman–Crippen MR) is 91.4 cm³/mol. The van der Waals surface area contributed by atoms with Crippen molar-refractivity contribution in [3.63, 3.8) is 0 Å². The fourth-order valence-corrected chi connectivity index (χ4v) is 3.26. The third-order valence-corrected chi connectivity index (χ3v) is 4.99. The maximum atomic E-state index is 12.1. The first-order valence-corrected chi connectivity index (χ1v) is 8.48. The Morgan fingerprint density at radius 2 is 2.10 bits per heavy atom. The first-order valence-electron chi connectivity index (χ1n) is 6.81. The molecule has 3 nitrogen and oxygen atoms in total. The summed E-state index contributed by atoms with van der Waals surface area (Å²) in [4.78, 5) is 15.3. The zero-order valence-corrected chi connectivity index (χ0v) is 14.6. The van der Waals surface area contributed by atoms with E-state index in [0.717, 1.165) is 11.0 Å². The Morgan fingerprint density at radius 1 is 1.33 bits per heavy atom. The second-order valence-corrected chi connectivity index (χ2v) is 6.90. The molecule has 0 aliphatic rings. The van der Waals surface area contributed by atoms with Crippen molar-refractivity contribution in [2.75, 3.05) is 13.6 Å². The maximum absolute atomic E-state index is 12.1. The zero-order chi connectivity index (χ0) is 15.2. The molecule has 1 heterocycles. The van der Waals surface area contributed by atoms with Gasteiger partial charge in [-0.3, -0.25) is 9.69 Å². The van der Waals surface area contributed by atoms with Crippen LogP contribution in [0.2, 0.25) is 0 Å². The molecule has 0 radical (unpaired) electrons. The zero-order valence-electron chi connectivity index (χ0n) is 12.2. The highest BCUT2D eigenvalue weighted by Gasteiger charge is 2.13. The van der Waals surface area contributed by atoms with Gasteiger partial charge in [0.05, 0.1) is 12.6 Å². The van der Waals surface area contributed by atoms with Gasteiger partial charge in [0.25, 0.3) is 0 Å². The number of halogens is 1. The molecule has 0 aliphatic carbocycles. The minimum Gasteiger partial charge on any atom is -0.348 e. The Morgan fingerprint density at radius 3 is 2.76 bits per heavy atom. The number of nitrogens with one attached hydrogen (secondary N) is 1. The molecule has 0 saturated heterocycles. The summed E-state index contributed by atoms with van der Waals surface area (Å²) in [6.45, 7) is 3.14. The van der Waals surface area contributed by atoms with Crippen LogP contribution in [-0.4, -0.2) is 24.4 Å². The van der Waals surface area contributed by atoms with Gasteiger partial charge in [-0.05, 0) is 37.0 Å². The van der Waals surface area contributed by atoms with E-state index in [2.05, 4.69) is 27.3 Å². The molecule has 0 fully saturated rings. The Bertz CT molecular complexity index is 586. The van der Waals surface area contributed by atoms with E-state index in [4.69, 9.17) is 0 Å². The molecular weight excluding hydrogens is 348 g/mol. The van der Waals surface area contributed by atoms with E-state index in [1.807, 2.05) is 54.6 Å². The average Bonchev–Trinajstić information content (AvgIpc) is 2.95. The number of carbonyl (C=O) groups is 1. The lowest BCUT2D eigenvalue weighted by Gasteiger charge is -2.19. The van der Waals surface area contributed by atoms with Crippen LogP contribution in [0, 0.1) is 0 Å². The largest absolute Gasteiger partial charge is 0.348 e. The van der Waals surface area contributed by atoms with E-state index >= 15 is 0 Å². The molecule has 5 heteroatoms. The van der Waals surface area contributed by atoms with Crippen molar-refractivity contribution in [3.8, 4) is 0 Å². The summed E-state index contributed by atoms with van der Waals surface area (Å²) in [7, 11) is 1.95. The third-order valence-electron chi connectivity index (χ3n) is 3.16. The van der Waals surface area contributed by atoms with Crippen LogP contribution in [0.4, 0.5) is 0 Å². The second-order valence-electron chi connectivity index (χ2n) is 5.07. The van der Waals surface area contributed by atoms with Crippen LogP contribution >= 0.6 is 27.3 Å². The third kappa shape index (κ3) is 4.95. The molecule has 21 heavy (non-hydrogen) atoms. The molecule has 112 valence electrons. The van der Waals surface area contributed by atoms with Crippen LogP contribution < -0.4 is 5.32 Å². The second kappa shape index (κ2) is 7.73. The van der Waals surface area contributed by atoms with Gasteiger partial charge in [0, 0.05) is 15.9 Å². The standard InChI is InChI=1S/C16H19BrN2OS/c1-12(15-8-5-9-21-15)18-16(20)11-19(2)10-13-6-3-4-7-14(13)17/h3-9,12H,10-11H2,1-2H3,(H,18,20)/t12-/m1/s1. The SMILES string of the molecule is C[C@@H](NC(=O)CN(C)Cc1ccccc1Br)c1cccs1. The summed E-state index contributed by atoms with van der Waals surface area (Å²) >= 11 is 5.19. The molecule has 1 N–H and O–H groups in total. The lowest BCUT2D eigenvalue weighted by molar-refractivity contribution is -0.122. The highest BCUT2D eigenvalue weighted by Crippen LogP contribution is 2.19. The fraction of sp³-hybridized carbons (Fsp3) is 0.312. The Labute approximate surface area is 138 Å². The van der Waals surface area contributed by atoms with Crippen molar-refractivity contribution in [2.24, 2.45) is 0 Å².